The van der Waals surface area contributed by atoms with E-state index in [1.165, 1.54) is 32.1 Å². The van der Waals surface area contributed by atoms with Crippen molar-refractivity contribution >= 4 is 11.6 Å². The van der Waals surface area contributed by atoms with Crippen LogP contribution in [0.3, 0.4) is 0 Å². The van der Waals surface area contributed by atoms with Gasteiger partial charge in [0.15, 0.2) is 0 Å². The number of alkyl halides is 1. The molecule has 0 N–H and O–H groups in total. The van der Waals surface area contributed by atoms with Crippen molar-refractivity contribution in [2.45, 2.75) is 64.7 Å². The van der Waals surface area contributed by atoms with Gasteiger partial charge in [-0.1, -0.05) is 39.5 Å². The van der Waals surface area contributed by atoms with Gasteiger partial charge in [0, 0.05) is 4.87 Å². The normalized spacial score (nSPS) is 14.8. The summed E-state index contributed by atoms with van der Waals surface area (Å²) in [6, 6.07) is 0. The van der Waals surface area contributed by atoms with E-state index in [4.69, 9.17) is 11.6 Å². The van der Waals surface area contributed by atoms with Gasteiger partial charge in [-0.25, -0.2) is 0 Å². The summed E-state index contributed by atoms with van der Waals surface area (Å²) in [6.07, 6.45) is 6.67. The quantitative estimate of drug-likeness (QED) is 0.424. The predicted molar refractivity (Wildman–Crippen MR) is 57.9 cm³/mol. The van der Waals surface area contributed by atoms with Gasteiger partial charge in [0.1, 0.15) is 0 Å². The molecule has 0 spiro atoms. The van der Waals surface area contributed by atoms with Crippen molar-refractivity contribution in [1.82, 2.24) is 0 Å². The van der Waals surface area contributed by atoms with E-state index < -0.39 is 0 Å². The highest BCUT2D eigenvalue weighted by atomic mass is 35.5. The Kier molecular flexibility index (Phi) is 6.00. The zero-order valence-corrected chi connectivity index (χ0v) is 9.75. The Hall–Kier alpha value is 0.290. The van der Waals surface area contributed by atoms with Crippen molar-refractivity contribution in [3.63, 3.8) is 0 Å². The molecule has 0 saturated heterocycles. The van der Waals surface area contributed by atoms with Crippen LogP contribution < -0.4 is 0 Å². The molecule has 0 rings (SSSR count). The summed E-state index contributed by atoms with van der Waals surface area (Å²) in [5, 5.41) is 0. The molecular formula is C11H23Cl. The number of hydrogen-bond donors (Lipinski definition) is 0. The molecule has 1 unspecified atom stereocenters. The van der Waals surface area contributed by atoms with E-state index >= 15 is 0 Å². The van der Waals surface area contributed by atoms with Crippen LogP contribution in [0.1, 0.15) is 59.8 Å². The van der Waals surface area contributed by atoms with Gasteiger partial charge in [0.25, 0.3) is 0 Å². The Morgan fingerprint density at radius 1 is 1.17 bits per heavy atom. The van der Waals surface area contributed by atoms with Crippen LogP contribution in [0.15, 0.2) is 0 Å². The summed E-state index contributed by atoms with van der Waals surface area (Å²) in [7, 11) is 0. The lowest BCUT2D eigenvalue weighted by atomic mass is 9.91. The van der Waals surface area contributed by atoms with Gasteiger partial charge in [-0.15, -0.1) is 11.6 Å². The van der Waals surface area contributed by atoms with Crippen molar-refractivity contribution in [1.29, 1.82) is 0 Å². The lowest BCUT2D eigenvalue weighted by Gasteiger charge is -2.24. The first kappa shape index (κ1) is 12.3. The van der Waals surface area contributed by atoms with Gasteiger partial charge in [-0.05, 0) is 26.2 Å². The number of rotatable bonds is 6. The first-order chi connectivity index (χ1) is 5.48. The summed E-state index contributed by atoms with van der Waals surface area (Å²) in [5.74, 6) is 0.635. The van der Waals surface area contributed by atoms with Crippen LogP contribution in [-0.2, 0) is 0 Å². The summed E-state index contributed by atoms with van der Waals surface area (Å²) < 4.78 is 0. The van der Waals surface area contributed by atoms with Gasteiger partial charge in [-0.2, -0.15) is 0 Å². The molecule has 0 radical (unpaired) electrons. The van der Waals surface area contributed by atoms with Crippen LogP contribution in [0.25, 0.3) is 0 Å². The molecule has 0 nitrogen and oxygen atoms in total. The lowest BCUT2D eigenvalue weighted by molar-refractivity contribution is 0.402. The fraction of sp³-hybridized carbons (Fsp3) is 1.00. The Balaban J connectivity index is 3.38. The largest absolute Gasteiger partial charge is 0.120 e. The minimum atomic E-state index is -0.0216. The Morgan fingerprint density at radius 3 is 2.17 bits per heavy atom. The Bertz CT molecular complexity index is 102. The van der Waals surface area contributed by atoms with Crippen LogP contribution in [-0.4, -0.2) is 4.87 Å². The zero-order valence-electron chi connectivity index (χ0n) is 8.99. The predicted octanol–water partition coefficient (Wildman–Crippen LogP) is 4.61. The smallest absolute Gasteiger partial charge is 0.0416 e. The summed E-state index contributed by atoms with van der Waals surface area (Å²) in [6.45, 7) is 8.71. The molecule has 1 heteroatoms. The molecule has 0 saturated carbocycles. The summed E-state index contributed by atoms with van der Waals surface area (Å²) in [4.78, 5) is -0.0216. The fourth-order valence-corrected chi connectivity index (χ4v) is 1.33. The van der Waals surface area contributed by atoms with Crippen LogP contribution in [0.2, 0.25) is 0 Å². The molecular weight excluding hydrogens is 168 g/mol. The van der Waals surface area contributed by atoms with Crippen molar-refractivity contribution in [3.05, 3.63) is 0 Å². The minimum absolute atomic E-state index is 0.0216. The highest BCUT2D eigenvalue weighted by Crippen LogP contribution is 2.28. The summed E-state index contributed by atoms with van der Waals surface area (Å²) >= 11 is 6.20. The van der Waals surface area contributed by atoms with E-state index in [0.29, 0.717) is 5.92 Å². The van der Waals surface area contributed by atoms with Crippen LogP contribution in [0.5, 0.6) is 0 Å². The fourth-order valence-electron chi connectivity index (χ4n) is 1.22. The first-order valence-electron chi connectivity index (χ1n) is 5.17. The van der Waals surface area contributed by atoms with Crippen LogP contribution >= 0.6 is 11.6 Å². The molecule has 0 aliphatic rings. The van der Waals surface area contributed by atoms with E-state index in [-0.39, 0.29) is 4.87 Å². The third kappa shape index (κ3) is 5.88. The molecule has 0 aromatic rings. The SMILES string of the molecule is CCCCCCC(C)C(C)(C)Cl. The van der Waals surface area contributed by atoms with E-state index in [0.717, 1.165) is 0 Å². The topological polar surface area (TPSA) is 0 Å². The molecule has 0 amide bonds. The molecule has 0 heterocycles. The van der Waals surface area contributed by atoms with Crippen molar-refractivity contribution < 1.29 is 0 Å². The maximum absolute atomic E-state index is 6.20. The molecule has 0 bridgehead atoms. The van der Waals surface area contributed by atoms with Crippen LogP contribution in [0, 0.1) is 5.92 Å². The van der Waals surface area contributed by atoms with Gasteiger partial charge >= 0.3 is 0 Å². The molecule has 12 heavy (non-hydrogen) atoms. The molecule has 0 aliphatic carbocycles. The van der Waals surface area contributed by atoms with E-state index in [2.05, 4.69) is 27.7 Å². The maximum atomic E-state index is 6.20. The van der Waals surface area contributed by atoms with Crippen molar-refractivity contribution in [2.75, 3.05) is 0 Å². The average Bonchev–Trinajstić information content (AvgIpc) is 1.96. The first-order valence-corrected chi connectivity index (χ1v) is 5.55. The molecule has 0 aromatic carbocycles. The van der Waals surface area contributed by atoms with E-state index in [1.54, 1.807) is 0 Å². The van der Waals surface area contributed by atoms with Gasteiger partial charge in [-0.3, -0.25) is 0 Å². The monoisotopic (exact) mass is 190 g/mol. The third-order valence-electron chi connectivity index (χ3n) is 2.66. The lowest BCUT2D eigenvalue weighted by Crippen LogP contribution is -2.21. The van der Waals surface area contributed by atoms with E-state index in [9.17, 15) is 0 Å². The number of unbranched alkanes of at least 4 members (excludes halogenated alkanes) is 3. The van der Waals surface area contributed by atoms with Gasteiger partial charge < -0.3 is 0 Å². The highest BCUT2D eigenvalue weighted by molar-refractivity contribution is 6.23. The maximum Gasteiger partial charge on any atom is 0.0416 e. The molecule has 0 fully saturated rings. The second-order valence-electron chi connectivity index (χ2n) is 4.31. The summed E-state index contributed by atoms with van der Waals surface area (Å²) in [5.41, 5.74) is 0. The Morgan fingerprint density at radius 2 is 1.75 bits per heavy atom. The number of halogens is 1. The molecule has 0 aromatic heterocycles. The van der Waals surface area contributed by atoms with Crippen LogP contribution in [0.4, 0.5) is 0 Å². The second-order valence-corrected chi connectivity index (χ2v) is 5.29. The zero-order chi connectivity index (χ0) is 9.61. The highest BCUT2D eigenvalue weighted by Gasteiger charge is 2.21. The van der Waals surface area contributed by atoms with Gasteiger partial charge in [0.2, 0.25) is 0 Å². The number of hydrogen-bond acceptors (Lipinski definition) is 0. The third-order valence-corrected chi connectivity index (χ3v) is 3.04. The van der Waals surface area contributed by atoms with Gasteiger partial charge in [0.05, 0.1) is 0 Å². The van der Waals surface area contributed by atoms with Crippen molar-refractivity contribution in [2.24, 2.45) is 5.92 Å². The second kappa shape index (κ2) is 5.85. The van der Waals surface area contributed by atoms with E-state index in [1.807, 2.05) is 0 Å². The average molecular weight is 191 g/mol. The minimum Gasteiger partial charge on any atom is -0.120 e. The van der Waals surface area contributed by atoms with Crippen molar-refractivity contribution in [3.8, 4) is 0 Å². The molecule has 1 atom stereocenters. The standard InChI is InChI=1S/C11H23Cl/c1-5-6-7-8-9-10(2)11(3,4)12/h10H,5-9H2,1-4H3. The molecule has 0 aliphatic heterocycles. The Labute approximate surface area is 82.7 Å². The molecule has 74 valence electrons.